The molecule has 0 saturated heterocycles. The highest BCUT2D eigenvalue weighted by Crippen LogP contribution is 2.42. The average Bonchev–Trinajstić information content (AvgIpc) is 2.12. The van der Waals surface area contributed by atoms with Crippen LogP contribution >= 0.6 is 7.60 Å². The second-order valence-corrected chi connectivity index (χ2v) is 5.35. The maximum Gasteiger partial charge on any atom is 0.329 e. The highest BCUT2D eigenvalue weighted by Gasteiger charge is 2.19. The first-order valence-corrected chi connectivity index (χ1v) is 6.74. The van der Waals surface area contributed by atoms with E-state index in [9.17, 15) is 4.57 Å². The normalized spacial score (nSPS) is 17.7. The Morgan fingerprint density at radius 3 is 2.57 bits per heavy atom. The van der Waals surface area contributed by atoms with E-state index in [0.717, 1.165) is 19.3 Å². The third kappa shape index (κ3) is 7.47. The van der Waals surface area contributed by atoms with Gasteiger partial charge < -0.3 is 16.4 Å². The molecule has 0 spiro atoms. The van der Waals surface area contributed by atoms with E-state index < -0.39 is 13.8 Å². The smallest absolute Gasteiger partial charge is 0.329 e. The lowest BCUT2D eigenvalue weighted by Gasteiger charge is -2.16. The van der Waals surface area contributed by atoms with Crippen LogP contribution in [-0.4, -0.2) is 23.8 Å². The van der Waals surface area contributed by atoms with Gasteiger partial charge in [0.15, 0.2) is 0 Å². The summed E-state index contributed by atoms with van der Waals surface area (Å²) in [5.41, 5.74) is 10.9. The molecule has 0 radical (unpaired) electrons. The average molecular weight is 224 g/mol. The fourth-order valence-corrected chi connectivity index (χ4v) is 1.68. The van der Waals surface area contributed by atoms with Gasteiger partial charge in [-0.2, -0.15) is 0 Å². The Labute approximate surface area is 85.3 Å². The molecule has 0 aliphatic carbocycles. The fourth-order valence-electron chi connectivity index (χ4n) is 1.01. The van der Waals surface area contributed by atoms with Gasteiger partial charge in [0.05, 0.1) is 0 Å². The van der Waals surface area contributed by atoms with Crippen molar-refractivity contribution in [2.75, 3.05) is 12.7 Å². The number of nitrogens with two attached hydrogens (primary N) is 2. The van der Waals surface area contributed by atoms with Gasteiger partial charge in [-0.05, 0) is 25.8 Å². The van der Waals surface area contributed by atoms with Crippen molar-refractivity contribution in [2.24, 2.45) is 11.5 Å². The van der Waals surface area contributed by atoms with Crippen LogP contribution in [0.2, 0.25) is 0 Å². The zero-order valence-corrected chi connectivity index (χ0v) is 9.58. The molecule has 2 unspecified atom stereocenters. The van der Waals surface area contributed by atoms with Gasteiger partial charge in [-0.15, -0.1) is 0 Å². The Kier molecular flexibility index (Phi) is 7.41. The maximum absolute atomic E-state index is 11.1. The molecule has 0 aliphatic rings. The van der Waals surface area contributed by atoms with Crippen LogP contribution in [-0.2, 0) is 9.09 Å². The van der Waals surface area contributed by atoms with Crippen molar-refractivity contribution in [1.29, 1.82) is 0 Å². The molecule has 14 heavy (non-hydrogen) atoms. The molecule has 0 aromatic rings. The largest absolute Gasteiger partial charge is 0.330 e. The lowest BCUT2D eigenvalue weighted by atomic mass is 10.2. The van der Waals surface area contributed by atoms with Crippen molar-refractivity contribution in [3.05, 3.63) is 0 Å². The molecular weight excluding hydrogens is 203 g/mol. The van der Waals surface area contributed by atoms with Crippen molar-refractivity contribution >= 4 is 7.60 Å². The van der Waals surface area contributed by atoms with Gasteiger partial charge in [0, 0.05) is 6.16 Å². The Hall–Kier alpha value is 0.0700. The van der Waals surface area contributed by atoms with Crippen molar-refractivity contribution in [1.82, 2.24) is 0 Å². The van der Waals surface area contributed by atoms with Crippen LogP contribution in [0.1, 0.15) is 32.6 Å². The molecule has 0 heterocycles. The van der Waals surface area contributed by atoms with Gasteiger partial charge in [0.2, 0.25) is 0 Å². The first kappa shape index (κ1) is 14.1. The lowest BCUT2D eigenvalue weighted by Crippen LogP contribution is -2.22. The minimum atomic E-state index is -3.43. The van der Waals surface area contributed by atoms with Gasteiger partial charge in [-0.3, -0.25) is 9.09 Å². The quantitative estimate of drug-likeness (QED) is 0.324. The molecule has 0 fully saturated rings. The Bertz CT molecular complexity index is 189. The molecule has 0 saturated carbocycles. The van der Waals surface area contributed by atoms with E-state index in [4.69, 9.17) is 20.9 Å². The van der Waals surface area contributed by atoms with E-state index in [0.29, 0.717) is 13.0 Å². The summed E-state index contributed by atoms with van der Waals surface area (Å²) in [6.45, 7) is 2.27. The molecule has 2 atom stereocenters. The first-order valence-electron chi connectivity index (χ1n) is 4.97. The lowest BCUT2D eigenvalue weighted by molar-refractivity contribution is 0.168. The number of hydrogen-bond acceptors (Lipinski definition) is 4. The van der Waals surface area contributed by atoms with Crippen molar-refractivity contribution in [3.63, 3.8) is 0 Å². The number of hydrogen-bond donors (Lipinski definition) is 3. The van der Waals surface area contributed by atoms with Crippen LogP contribution < -0.4 is 11.5 Å². The zero-order valence-electron chi connectivity index (χ0n) is 8.69. The molecular formula is C8H21N2O3P. The number of unbranched alkanes of at least 4 members (excludes halogenated alkanes) is 2. The maximum atomic E-state index is 11.1. The minimum absolute atomic E-state index is 0.101. The summed E-state index contributed by atoms with van der Waals surface area (Å²) >= 11 is 0. The predicted molar refractivity (Wildman–Crippen MR) is 56.9 cm³/mol. The second kappa shape index (κ2) is 7.37. The van der Waals surface area contributed by atoms with Crippen molar-refractivity contribution in [3.8, 4) is 0 Å². The molecule has 0 aliphatic heterocycles. The van der Waals surface area contributed by atoms with Crippen molar-refractivity contribution < 1.29 is 14.0 Å². The number of rotatable bonds is 8. The van der Waals surface area contributed by atoms with Crippen LogP contribution in [0.15, 0.2) is 0 Å². The minimum Gasteiger partial charge on any atom is -0.330 e. The van der Waals surface area contributed by atoms with E-state index >= 15 is 0 Å². The van der Waals surface area contributed by atoms with E-state index in [-0.39, 0.29) is 6.16 Å². The Morgan fingerprint density at radius 2 is 2.07 bits per heavy atom. The molecule has 5 N–H and O–H groups in total. The summed E-state index contributed by atoms with van der Waals surface area (Å²) in [7, 11) is -3.43. The molecule has 0 amide bonds. The standard InChI is InChI=1S/C8H21N2O3P/c1-2-14(11,12)13-8(10)6-4-3-5-7-9/h8H,2-7,9-10H2,1H3,(H,11,12). The van der Waals surface area contributed by atoms with E-state index in [1.54, 1.807) is 6.92 Å². The third-order valence-corrected chi connectivity index (χ3v) is 3.29. The molecule has 6 heteroatoms. The predicted octanol–water partition coefficient (Wildman–Crippen LogP) is 1.01. The van der Waals surface area contributed by atoms with Crippen LogP contribution in [0.25, 0.3) is 0 Å². The topological polar surface area (TPSA) is 98.6 Å². The molecule has 0 aromatic carbocycles. The second-order valence-electron chi connectivity index (χ2n) is 3.24. The Balaban J connectivity index is 3.55. The van der Waals surface area contributed by atoms with Gasteiger partial charge in [-0.1, -0.05) is 13.3 Å². The van der Waals surface area contributed by atoms with Gasteiger partial charge >= 0.3 is 7.60 Å². The Morgan fingerprint density at radius 1 is 1.43 bits per heavy atom. The van der Waals surface area contributed by atoms with E-state index in [1.165, 1.54) is 0 Å². The monoisotopic (exact) mass is 224 g/mol. The summed E-state index contributed by atoms with van der Waals surface area (Å²) in [6, 6.07) is 0. The highest BCUT2D eigenvalue weighted by atomic mass is 31.2. The fraction of sp³-hybridized carbons (Fsp3) is 1.00. The first-order chi connectivity index (χ1) is 6.52. The molecule has 86 valence electrons. The third-order valence-electron chi connectivity index (χ3n) is 1.89. The van der Waals surface area contributed by atoms with Gasteiger partial charge in [0.25, 0.3) is 0 Å². The SMILES string of the molecule is CCP(=O)(O)OC(N)CCCCCN. The van der Waals surface area contributed by atoms with Gasteiger partial charge in [-0.25, -0.2) is 0 Å². The van der Waals surface area contributed by atoms with Crippen LogP contribution in [0.4, 0.5) is 0 Å². The zero-order chi connectivity index (χ0) is 11.0. The summed E-state index contributed by atoms with van der Waals surface area (Å²) in [6.07, 6.45) is 2.88. The van der Waals surface area contributed by atoms with Crippen molar-refractivity contribution in [2.45, 2.75) is 38.8 Å². The van der Waals surface area contributed by atoms with Crippen LogP contribution in [0.5, 0.6) is 0 Å². The highest BCUT2D eigenvalue weighted by molar-refractivity contribution is 7.52. The molecule has 5 nitrogen and oxygen atoms in total. The van der Waals surface area contributed by atoms with E-state index in [1.807, 2.05) is 0 Å². The molecule has 0 aromatic heterocycles. The molecule has 0 rings (SSSR count). The summed E-state index contributed by atoms with van der Waals surface area (Å²) in [5.74, 6) is 0. The summed E-state index contributed by atoms with van der Waals surface area (Å²) in [5, 5.41) is 0. The van der Waals surface area contributed by atoms with Gasteiger partial charge in [0.1, 0.15) is 6.23 Å². The van der Waals surface area contributed by atoms with E-state index in [2.05, 4.69) is 0 Å². The van der Waals surface area contributed by atoms with Crippen LogP contribution in [0, 0.1) is 0 Å². The summed E-state index contributed by atoms with van der Waals surface area (Å²) in [4.78, 5) is 9.13. The summed E-state index contributed by atoms with van der Waals surface area (Å²) < 4.78 is 15.9. The molecule has 0 bridgehead atoms. The van der Waals surface area contributed by atoms with Crippen LogP contribution in [0.3, 0.4) is 0 Å².